The van der Waals surface area contributed by atoms with Gasteiger partial charge in [-0.3, -0.25) is 9.59 Å². The van der Waals surface area contributed by atoms with E-state index in [-0.39, 0.29) is 18.1 Å². The van der Waals surface area contributed by atoms with Crippen LogP contribution < -0.4 is 15.4 Å². The Morgan fingerprint density at radius 1 is 1.24 bits per heavy atom. The number of carbonyl (C=O) groups is 2. The number of aromatic nitrogens is 3. The minimum atomic E-state index is -0.747. The minimum Gasteiger partial charge on any atom is -0.495 e. The Labute approximate surface area is 171 Å². The highest BCUT2D eigenvalue weighted by atomic mass is 35.5. The van der Waals surface area contributed by atoms with Gasteiger partial charge in [-0.15, -0.1) is 0 Å². The maximum atomic E-state index is 13.2. The SMILES string of the molecule is COc1ccc(Cl)cc1N1C(=O)C[C@@H](c2c(C)nn(-c3ccccn3)c2N)C1=O. The van der Waals surface area contributed by atoms with E-state index in [2.05, 4.69) is 10.1 Å². The van der Waals surface area contributed by atoms with E-state index < -0.39 is 11.8 Å². The molecule has 2 amide bonds. The van der Waals surface area contributed by atoms with Crippen molar-refractivity contribution in [3.63, 3.8) is 0 Å². The summed E-state index contributed by atoms with van der Waals surface area (Å²) in [6.07, 6.45) is 1.61. The number of amides is 2. The fraction of sp³-hybridized carbons (Fsp3) is 0.200. The summed E-state index contributed by atoms with van der Waals surface area (Å²) in [7, 11) is 1.47. The largest absolute Gasteiger partial charge is 0.495 e. The summed E-state index contributed by atoms with van der Waals surface area (Å²) < 4.78 is 6.78. The zero-order valence-corrected chi connectivity index (χ0v) is 16.6. The summed E-state index contributed by atoms with van der Waals surface area (Å²) in [5.74, 6) is -0.304. The Morgan fingerprint density at radius 2 is 2.03 bits per heavy atom. The number of halogens is 1. The second-order valence-corrected chi connectivity index (χ2v) is 7.06. The molecule has 29 heavy (non-hydrogen) atoms. The topological polar surface area (TPSA) is 103 Å². The molecule has 9 heteroatoms. The molecular weight excluding hydrogens is 394 g/mol. The molecule has 3 heterocycles. The average Bonchev–Trinajstić information content (AvgIpc) is 3.16. The molecule has 1 aromatic carbocycles. The Morgan fingerprint density at radius 3 is 2.72 bits per heavy atom. The summed E-state index contributed by atoms with van der Waals surface area (Å²) in [6.45, 7) is 1.76. The fourth-order valence-corrected chi connectivity index (χ4v) is 3.76. The number of ether oxygens (including phenoxy) is 1. The van der Waals surface area contributed by atoms with Crippen LogP contribution in [0.15, 0.2) is 42.6 Å². The lowest BCUT2D eigenvalue weighted by Gasteiger charge is -2.18. The maximum absolute atomic E-state index is 13.2. The molecule has 0 aliphatic carbocycles. The van der Waals surface area contributed by atoms with Crippen LogP contribution in [-0.4, -0.2) is 33.7 Å². The lowest BCUT2D eigenvalue weighted by Crippen LogP contribution is -2.30. The van der Waals surface area contributed by atoms with Gasteiger partial charge in [0.05, 0.1) is 24.4 Å². The minimum absolute atomic E-state index is 0.0204. The van der Waals surface area contributed by atoms with Gasteiger partial charge in [0.15, 0.2) is 5.82 Å². The Balaban J connectivity index is 1.76. The summed E-state index contributed by atoms with van der Waals surface area (Å²) >= 11 is 6.08. The summed E-state index contributed by atoms with van der Waals surface area (Å²) in [5, 5.41) is 4.82. The molecule has 2 aromatic heterocycles. The number of nitrogens with two attached hydrogens (primary N) is 1. The van der Waals surface area contributed by atoms with Crippen molar-refractivity contribution >= 4 is 34.9 Å². The first-order valence-electron chi connectivity index (χ1n) is 8.89. The fourth-order valence-electron chi connectivity index (χ4n) is 3.59. The molecule has 148 valence electrons. The van der Waals surface area contributed by atoms with E-state index in [0.717, 1.165) is 4.90 Å². The average molecular weight is 412 g/mol. The number of benzene rings is 1. The van der Waals surface area contributed by atoms with E-state index in [9.17, 15) is 9.59 Å². The lowest BCUT2D eigenvalue weighted by atomic mass is 9.97. The van der Waals surface area contributed by atoms with Crippen molar-refractivity contribution in [1.29, 1.82) is 0 Å². The lowest BCUT2D eigenvalue weighted by molar-refractivity contribution is -0.121. The second-order valence-electron chi connectivity index (χ2n) is 6.62. The van der Waals surface area contributed by atoms with Crippen LogP contribution in [0, 0.1) is 6.92 Å². The standard InChI is InChI=1S/C20H18ClN5O3/c1-11-18(19(22)26(24-11)16-5-3-4-8-23-16)13-10-17(27)25(20(13)28)14-9-12(21)6-7-15(14)29-2/h3-9,13H,10,22H2,1-2H3/t13-/m0/s1. The number of hydrogen-bond donors (Lipinski definition) is 1. The molecule has 3 aromatic rings. The first-order chi connectivity index (χ1) is 13.9. The van der Waals surface area contributed by atoms with Crippen LogP contribution in [0.3, 0.4) is 0 Å². The third kappa shape index (κ3) is 3.11. The van der Waals surface area contributed by atoms with Crippen molar-refractivity contribution in [3.8, 4) is 11.6 Å². The second kappa shape index (κ2) is 7.21. The van der Waals surface area contributed by atoms with Crippen molar-refractivity contribution in [2.45, 2.75) is 19.3 Å². The van der Waals surface area contributed by atoms with E-state index in [1.807, 2.05) is 6.07 Å². The Hall–Kier alpha value is -3.39. The van der Waals surface area contributed by atoms with Gasteiger partial charge in [0.1, 0.15) is 11.6 Å². The number of anilines is 2. The molecular formula is C20H18ClN5O3. The number of rotatable bonds is 4. The highest BCUT2D eigenvalue weighted by molar-refractivity contribution is 6.31. The molecule has 0 radical (unpaired) electrons. The van der Waals surface area contributed by atoms with Gasteiger partial charge in [-0.05, 0) is 37.3 Å². The number of nitrogens with zero attached hydrogens (tertiary/aromatic N) is 4. The predicted octanol–water partition coefficient (Wildman–Crippen LogP) is 2.87. The van der Waals surface area contributed by atoms with Crippen LogP contribution in [0.1, 0.15) is 23.6 Å². The van der Waals surface area contributed by atoms with E-state index >= 15 is 0 Å². The molecule has 0 unspecified atom stereocenters. The monoisotopic (exact) mass is 411 g/mol. The van der Waals surface area contributed by atoms with Gasteiger partial charge in [0, 0.05) is 23.2 Å². The molecule has 0 bridgehead atoms. The van der Waals surface area contributed by atoms with Gasteiger partial charge in [0.2, 0.25) is 11.8 Å². The molecule has 1 aliphatic heterocycles. The smallest absolute Gasteiger partial charge is 0.242 e. The first-order valence-corrected chi connectivity index (χ1v) is 9.27. The van der Waals surface area contributed by atoms with Gasteiger partial charge < -0.3 is 10.5 Å². The van der Waals surface area contributed by atoms with Crippen LogP contribution in [0.2, 0.25) is 5.02 Å². The molecule has 1 atom stereocenters. The van der Waals surface area contributed by atoms with E-state index in [4.69, 9.17) is 22.1 Å². The Kier molecular flexibility index (Phi) is 4.71. The quantitative estimate of drug-likeness (QED) is 0.662. The van der Waals surface area contributed by atoms with Crippen molar-refractivity contribution < 1.29 is 14.3 Å². The van der Waals surface area contributed by atoms with Crippen molar-refractivity contribution in [3.05, 3.63) is 58.9 Å². The van der Waals surface area contributed by atoms with Gasteiger partial charge >= 0.3 is 0 Å². The molecule has 1 saturated heterocycles. The molecule has 1 aliphatic rings. The highest BCUT2D eigenvalue weighted by Gasteiger charge is 2.44. The van der Waals surface area contributed by atoms with Crippen molar-refractivity contribution in [1.82, 2.24) is 14.8 Å². The van der Waals surface area contributed by atoms with Crippen LogP contribution in [0.5, 0.6) is 5.75 Å². The highest BCUT2D eigenvalue weighted by Crippen LogP contribution is 2.41. The van der Waals surface area contributed by atoms with Crippen LogP contribution in [0.25, 0.3) is 5.82 Å². The zero-order chi connectivity index (χ0) is 20.7. The number of hydrogen-bond acceptors (Lipinski definition) is 6. The molecule has 4 rings (SSSR count). The number of methoxy groups -OCH3 is 1. The van der Waals surface area contributed by atoms with E-state index in [0.29, 0.717) is 33.5 Å². The number of nitrogen functional groups attached to an aromatic ring is 1. The van der Waals surface area contributed by atoms with Crippen molar-refractivity contribution in [2.75, 3.05) is 17.7 Å². The number of aryl methyl sites for hydroxylation is 1. The van der Waals surface area contributed by atoms with Crippen molar-refractivity contribution in [2.24, 2.45) is 0 Å². The van der Waals surface area contributed by atoms with Gasteiger partial charge in [-0.25, -0.2) is 9.88 Å². The Bertz CT molecular complexity index is 1110. The molecule has 2 N–H and O–H groups in total. The van der Waals surface area contributed by atoms with E-state index in [1.54, 1.807) is 37.4 Å². The number of pyridine rings is 1. The van der Waals surface area contributed by atoms with Crippen LogP contribution in [-0.2, 0) is 9.59 Å². The number of imide groups is 1. The normalized spacial score (nSPS) is 16.5. The van der Waals surface area contributed by atoms with Gasteiger partial charge in [-0.2, -0.15) is 9.78 Å². The molecule has 1 fully saturated rings. The van der Waals surface area contributed by atoms with E-state index in [1.165, 1.54) is 17.9 Å². The third-order valence-electron chi connectivity index (χ3n) is 4.89. The maximum Gasteiger partial charge on any atom is 0.242 e. The summed E-state index contributed by atoms with van der Waals surface area (Å²) in [4.78, 5) is 31.4. The first kappa shape index (κ1) is 18.9. The molecule has 8 nitrogen and oxygen atoms in total. The zero-order valence-electron chi connectivity index (χ0n) is 15.8. The van der Waals surface area contributed by atoms with Gasteiger partial charge in [0.25, 0.3) is 0 Å². The summed E-state index contributed by atoms with van der Waals surface area (Å²) in [5.41, 5.74) is 7.73. The van der Waals surface area contributed by atoms with Gasteiger partial charge in [-0.1, -0.05) is 17.7 Å². The van der Waals surface area contributed by atoms with Crippen LogP contribution >= 0.6 is 11.6 Å². The number of carbonyl (C=O) groups excluding carboxylic acids is 2. The molecule has 0 saturated carbocycles. The third-order valence-corrected chi connectivity index (χ3v) is 5.12. The molecule has 0 spiro atoms. The van der Waals surface area contributed by atoms with Crippen LogP contribution in [0.4, 0.5) is 11.5 Å². The summed E-state index contributed by atoms with van der Waals surface area (Å²) in [6, 6.07) is 10.1. The predicted molar refractivity (Wildman–Crippen MR) is 108 cm³/mol.